The van der Waals surface area contributed by atoms with Crippen molar-refractivity contribution in [2.75, 3.05) is 47.6 Å². The summed E-state index contributed by atoms with van der Waals surface area (Å²) in [4.78, 5) is 27.3. The van der Waals surface area contributed by atoms with Crippen molar-refractivity contribution in [2.24, 2.45) is 5.92 Å². The van der Waals surface area contributed by atoms with Gasteiger partial charge in [0, 0.05) is 44.3 Å². The molecule has 2 aromatic rings. The van der Waals surface area contributed by atoms with Crippen LogP contribution < -0.4 is 14.8 Å². The van der Waals surface area contributed by atoms with Crippen molar-refractivity contribution in [1.82, 2.24) is 10.2 Å². The third-order valence-electron chi connectivity index (χ3n) is 5.12. The van der Waals surface area contributed by atoms with Crippen molar-refractivity contribution < 1.29 is 28.2 Å². The van der Waals surface area contributed by atoms with Gasteiger partial charge < -0.3 is 28.8 Å². The summed E-state index contributed by atoms with van der Waals surface area (Å²) in [6, 6.07) is 8.79. The second kappa shape index (κ2) is 9.47. The molecule has 0 aliphatic carbocycles. The molecule has 2 heterocycles. The summed E-state index contributed by atoms with van der Waals surface area (Å²) in [6.07, 6.45) is 1.46. The Morgan fingerprint density at radius 3 is 2.66 bits per heavy atom. The van der Waals surface area contributed by atoms with Crippen molar-refractivity contribution in [3.05, 3.63) is 47.9 Å². The Labute approximate surface area is 169 Å². The standard InChI is InChI=1S/C21H26N2O6/c1-26-10-8-22-20(24)17-13-23(21(25)18-5-4-9-29-18)12-16(17)15-7-6-14(27-2)11-19(15)28-3/h4-7,9,11,16-17H,8,10,12-13H2,1-3H3,(H,22,24)/t16-,17-/m1/s1. The van der Waals surface area contributed by atoms with Gasteiger partial charge in [0.05, 0.1) is 33.0 Å². The topological polar surface area (TPSA) is 90.2 Å². The second-order valence-corrected chi connectivity index (χ2v) is 6.79. The van der Waals surface area contributed by atoms with Crippen LogP contribution in [-0.4, -0.2) is 64.3 Å². The van der Waals surface area contributed by atoms with E-state index in [4.69, 9.17) is 18.6 Å². The van der Waals surface area contributed by atoms with E-state index in [1.807, 2.05) is 12.1 Å². The van der Waals surface area contributed by atoms with Crippen LogP contribution in [0.2, 0.25) is 0 Å². The van der Waals surface area contributed by atoms with Gasteiger partial charge in [-0.1, -0.05) is 6.07 Å². The number of carbonyl (C=O) groups is 2. The molecule has 3 rings (SSSR count). The molecule has 1 aliphatic rings. The molecule has 0 bridgehead atoms. The van der Waals surface area contributed by atoms with Crippen molar-refractivity contribution in [3.63, 3.8) is 0 Å². The Bertz CT molecular complexity index is 836. The number of rotatable bonds is 8. The van der Waals surface area contributed by atoms with Gasteiger partial charge in [-0.2, -0.15) is 0 Å². The molecule has 1 fully saturated rings. The lowest BCUT2D eigenvalue weighted by Gasteiger charge is -2.20. The van der Waals surface area contributed by atoms with E-state index in [1.165, 1.54) is 6.26 Å². The summed E-state index contributed by atoms with van der Waals surface area (Å²) in [6.45, 7) is 1.50. The Morgan fingerprint density at radius 2 is 2.00 bits per heavy atom. The molecule has 1 aromatic carbocycles. The van der Waals surface area contributed by atoms with Gasteiger partial charge in [0.15, 0.2) is 5.76 Å². The maximum atomic E-state index is 12.9. The molecule has 0 radical (unpaired) electrons. The van der Waals surface area contributed by atoms with Crippen molar-refractivity contribution in [3.8, 4) is 11.5 Å². The minimum atomic E-state index is -0.423. The van der Waals surface area contributed by atoms with Crippen LogP contribution in [0.1, 0.15) is 22.0 Å². The first kappa shape index (κ1) is 20.7. The molecule has 1 aliphatic heterocycles. The molecular formula is C21H26N2O6. The molecule has 29 heavy (non-hydrogen) atoms. The minimum absolute atomic E-state index is 0.125. The number of ether oxygens (including phenoxy) is 3. The summed E-state index contributed by atoms with van der Waals surface area (Å²) >= 11 is 0. The molecule has 0 spiro atoms. The van der Waals surface area contributed by atoms with Crippen molar-refractivity contribution >= 4 is 11.8 Å². The Kier molecular flexibility index (Phi) is 6.77. The van der Waals surface area contributed by atoms with E-state index in [0.29, 0.717) is 31.2 Å². The number of hydrogen-bond donors (Lipinski definition) is 1. The van der Waals surface area contributed by atoms with Crippen LogP contribution >= 0.6 is 0 Å². The third-order valence-corrected chi connectivity index (χ3v) is 5.12. The van der Waals surface area contributed by atoms with Crippen LogP contribution in [-0.2, 0) is 9.53 Å². The van der Waals surface area contributed by atoms with Crippen LogP contribution in [0.3, 0.4) is 0 Å². The molecule has 8 nitrogen and oxygen atoms in total. The molecule has 1 saturated heterocycles. The van der Waals surface area contributed by atoms with Crippen LogP contribution in [0.15, 0.2) is 41.0 Å². The lowest BCUT2D eigenvalue weighted by molar-refractivity contribution is -0.125. The average molecular weight is 402 g/mol. The Balaban J connectivity index is 1.88. The number of nitrogens with zero attached hydrogens (tertiary/aromatic N) is 1. The van der Waals surface area contributed by atoms with E-state index in [1.54, 1.807) is 44.4 Å². The quantitative estimate of drug-likeness (QED) is 0.679. The molecular weight excluding hydrogens is 376 g/mol. The normalized spacial score (nSPS) is 18.5. The average Bonchev–Trinajstić information content (AvgIpc) is 3.43. The lowest BCUT2D eigenvalue weighted by Crippen LogP contribution is -2.37. The van der Waals surface area contributed by atoms with Gasteiger partial charge in [-0.3, -0.25) is 9.59 Å². The van der Waals surface area contributed by atoms with Gasteiger partial charge in [0.1, 0.15) is 11.5 Å². The van der Waals surface area contributed by atoms with Gasteiger partial charge in [-0.25, -0.2) is 0 Å². The largest absolute Gasteiger partial charge is 0.497 e. The van der Waals surface area contributed by atoms with Gasteiger partial charge in [-0.05, 0) is 18.2 Å². The third kappa shape index (κ3) is 4.54. The van der Waals surface area contributed by atoms with Crippen LogP contribution in [0, 0.1) is 5.92 Å². The highest BCUT2D eigenvalue weighted by Gasteiger charge is 2.42. The smallest absolute Gasteiger partial charge is 0.289 e. The Morgan fingerprint density at radius 1 is 1.17 bits per heavy atom. The first-order chi connectivity index (χ1) is 14.1. The highest BCUT2D eigenvalue weighted by molar-refractivity contribution is 5.92. The fourth-order valence-corrected chi connectivity index (χ4v) is 3.64. The highest BCUT2D eigenvalue weighted by atomic mass is 16.5. The number of furan rings is 1. The fraction of sp³-hybridized carbons (Fsp3) is 0.429. The summed E-state index contributed by atoms with van der Waals surface area (Å²) < 4.78 is 21.1. The van der Waals surface area contributed by atoms with E-state index in [-0.39, 0.29) is 30.0 Å². The maximum absolute atomic E-state index is 12.9. The molecule has 0 saturated carbocycles. The number of carbonyl (C=O) groups excluding carboxylic acids is 2. The van der Waals surface area contributed by atoms with Crippen LogP contribution in [0.5, 0.6) is 11.5 Å². The first-order valence-corrected chi connectivity index (χ1v) is 9.40. The number of likely N-dealkylation sites (tertiary alicyclic amines) is 1. The zero-order valence-corrected chi connectivity index (χ0v) is 16.8. The van der Waals surface area contributed by atoms with Crippen LogP contribution in [0.25, 0.3) is 0 Å². The zero-order valence-electron chi connectivity index (χ0n) is 16.8. The van der Waals surface area contributed by atoms with Crippen molar-refractivity contribution in [1.29, 1.82) is 0 Å². The van der Waals surface area contributed by atoms with E-state index in [2.05, 4.69) is 5.32 Å². The predicted molar refractivity (Wildman–Crippen MR) is 105 cm³/mol. The number of nitrogens with one attached hydrogen (secondary N) is 1. The molecule has 1 aromatic heterocycles. The summed E-state index contributed by atoms with van der Waals surface area (Å²) in [5.74, 6) is 0.528. The second-order valence-electron chi connectivity index (χ2n) is 6.79. The summed E-state index contributed by atoms with van der Waals surface area (Å²) in [5, 5.41) is 2.89. The molecule has 1 N–H and O–H groups in total. The van der Waals surface area contributed by atoms with Gasteiger partial charge in [0.2, 0.25) is 5.91 Å². The van der Waals surface area contributed by atoms with Gasteiger partial charge >= 0.3 is 0 Å². The molecule has 8 heteroatoms. The Hall–Kier alpha value is -3.00. The van der Waals surface area contributed by atoms with E-state index in [0.717, 1.165) is 5.56 Å². The van der Waals surface area contributed by atoms with Gasteiger partial charge in [0.25, 0.3) is 5.91 Å². The maximum Gasteiger partial charge on any atom is 0.289 e. The van der Waals surface area contributed by atoms with Gasteiger partial charge in [-0.15, -0.1) is 0 Å². The molecule has 0 unspecified atom stereocenters. The van der Waals surface area contributed by atoms with Crippen LogP contribution in [0.4, 0.5) is 0 Å². The predicted octanol–water partition coefficient (Wildman–Crippen LogP) is 1.92. The molecule has 2 amide bonds. The number of benzene rings is 1. The van der Waals surface area contributed by atoms with E-state index in [9.17, 15) is 9.59 Å². The highest BCUT2D eigenvalue weighted by Crippen LogP contribution is 2.39. The number of hydrogen-bond acceptors (Lipinski definition) is 6. The number of amides is 2. The first-order valence-electron chi connectivity index (χ1n) is 9.40. The summed E-state index contributed by atoms with van der Waals surface area (Å²) in [7, 11) is 4.74. The summed E-state index contributed by atoms with van der Waals surface area (Å²) in [5.41, 5.74) is 0.856. The minimum Gasteiger partial charge on any atom is -0.497 e. The lowest BCUT2D eigenvalue weighted by atomic mass is 9.87. The van der Waals surface area contributed by atoms with E-state index < -0.39 is 5.92 Å². The SMILES string of the molecule is COCCNC(=O)[C@@H]1CN(C(=O)c2ccco2)C[C@@H]1c1ccc(OC)cc1OC. The van der Waals surface area contributed by atoms with E-state index >= 15 is 0 Å². The zero-order chi connectivity index (χ0) is 20.8. The monoisotopic (exact) mass is 402 g/mol. The molecule has 2 atom stereocenters. The van der Waals surface area contributed by atoms with Crippen molar-refractivity contribution in [2.45, 2.75) is 5.92 Å². The fourth-order valence-electron chi connectivity index (χ4n) is 3.64. The molecule has 156 valence electrons. The number of methoxy groups -OCH3 is 3.